The Labute approximate surface area is 118 Å². The zero-order valence-corrected chi connectivity index (χ0v) is 11.8. The summed E-state index contributed by atoms with van der Waals surface area (Å²) in [6.07, 6.45) is 4.18. The molecule has 1 heterocycles. The largest absolute Gasteiger partial charge is 0.322 e. The molecule has 2 aromatic rings. The standard InChI is InChI=1S/C15H20N4O/c1-3-8-16-11(2)12-4-6-14(7-5-12)19-15(20)13-9-17-18-10-13/h4-7,9-11,16H,3,8H2,1-2H3,(H,17,18)(H,19,20). The van der Waals surface area contributed by atoms with E-state index in [1.54, 1.807) is 6.20 Å². The summed E-state index contributed by atoms with van der Waals surface area (Å²) < 4.78 is 0. The van der Waals surface area contributed by atoms with E-state index in [1.807, 2.05) is 24.3 Å². The molecule has 0 aliphatic heterocycles. The number of aromatic amines is 1. The summed E-state index contributed by atoms with van der Waals surface area (Å²) in [7, 11) is 0. The second kappa shape index (κ2) is 6.86. The number of rotatable bonds is 6. The van der Waals surface area contributed by atoms with Crippen LogP contribution in [0.25, 0.3) is 0 Å². The Balaban J connectivity index is 1.96. The lowest BCUT2D eigenvalue weighted by Gasteiger charge is -2.14. The number of nitrogens with zero attached hydrogens (tertiary/aromatic N) is 1. The number of aromatic nitrogens is 2. The van der Waals surface area contributed by atoms with Gasteiger partial charge in [-0.2, -0.15) is 5.10 Å². The predicted octanol–water partition coefficient (Wildman–Crippen LogP) is 2.72. The van der Waals surface area contributed by atoms with Crippen molar-refractivity contribution in [3.63, 3.8) is 0 Å². The average molecular weight is 272 g/mol. The summed E-state index contributed by atoms with van der Waals surface area (Å²) in [5, 5.41) is 12.6. The summed E-state index contributed by atoms with van der Waals surface area (Å²) in [6, 6.07) is 8.19. The molecule has 3 N–H and O–H groups in total. The van der Waals surface area contributed by atoms with E-state index in [2.05, 4.69) is 34.7 Å². The molecule has 1 amide bonds. The predicted molar refractivity (Wildman–Crippen MR) is 79.7 cm³/mol. The molecule has 1 aromatic heterocycles. The number of amides is 1. The molecule has 0 spiro atoms. The van der Waals surface area contributed by atoms with Crippen LogP contribution in [0.15, 0.2) is 36.7 Å². The number of anilines is 1. The fourth-order valence-corrected chi connectivity index (χ4v) is 1.91. The van der Waals surface area contributed by atoms with E-state index < -0.39 is 0 Å². The van der Waals surface area contributed by atoms with Gasteiger partial charge >= 0.3 is 0 Å². The molecule has 1 unspecified atom stereocenters. The molecule has 1 aromatic carbocycles. The molecule has 20 heavy (non-hydrogen) atoms. The van der Waals surface area contributed by atoms with Gasteiger partial charge in [0, 0.05) is 17.9 Å². The Kier molecular flexibility index (Phi) is 4.90. The highest BCUT2D eigenvalue weighted by molar-refractivity contribution is 6.03. The first-order valence-electron chi connectivity index (χ1n) is 6.84. The van der Waals surface area contributed by atoms with Crippen LogP contribution in [0.5, 0.6) is 0 Å². The van der Waals surface area contributed by atoms with E-state index in [4.69, 9.17) is 0 Å². The van der Waals surface area contributed by atoms with Crippen molar-refractivity contribution in [2.75, 3.05) is 11.9 Å². The minimum atomic E-state index is -0.163. The molecule has 2 rings (SSSR count). The van der Waals surface area contributed by atoms with Gasteiger partial charge in [0.25, 0.3) is 5.91 Å². The second-order valence-corrected chi connectivity index (χ2v) is 4.74. The van der Waals surface area contributed by atoms with E-state index in [-0.39, 0.29) is 5.91 Å². The maximum atomic E-state index is 11.9. The highest BCUT2D eigenvalue weighted by Gasteiger charge is 2.08. The molecular weight excluding hydrogens is 252 g/mol. The molecule has 0 fully saturated rings. The van der Waals surface area contributed by atoms with E-state index in [0.29, 0.717) is 11.6 Å². The Morgan fingerprint density at radius 1 is 1.35 bits per heavy atom. The summed E-state index contributed by atoms with van der Waals surface area (Å²) >= 11 is 0. The number of H-pyrrole nitrogens is 1. The number of carbonyl (C=O) groups is 1. The van der Waals surface area contributed by atoms with E-state index >= 15 is 0 Å². The van der Waals surface area contributed by atoms with E-state index in [1.165, 1.54) is 11.8 Å². The lowest BCUT2D eigenvalue weighted by molar-refractivity contribution is 0.102. The van der Waals surface area contributed by atoms with Crippen molar-refractivity contribution in [3.8, 4) is 0 Å². The minimum Gasteiger partial charge on any atom is -0.322 e. The van der Waals surface area contributed by atoms with Gasteiger partial charge in [-0.3, -0.25) is 9.89 Å². The van der Waals surface area contributed by atoms with Crippen molar-refractivity contribution in [3.05, 3.63) is 47.8 Å². The van der Waals surface area contributed by atoms with Gasteiger partial charge in [-0.1, -0.05) is 19.1 Å². The Bertz CT molecular complexity index is 534. The van der Waals surface area contributed by atoms with Crippen molar-refractivity contribution >= 4 is 11.6 Å². The number of hydrogen-bond donors (Lipinski definition) is 3. The van der Waals surface area contributed by atoms with E-state index in [0.717, 1.165) is 18.7 Å². The summed E-state index contributed by atoms with van der Waals surface area (Å²) in [4.78, 5) is 11.9. The second-order valence-electron chi connectivity index (χ2n) is 4.74. The highest BCUT2D eigenvalue weighted by atomic mass is 16.1. The van der Waals surface area contributed by atoms with Gasteiger partial charge in [-0.15, -0.1) is 0 Å². The van der Waals surface area contributed by atoms with Crippen LogP contribution in [0, 0.1) is 0 Å². The van der Waals surface area contributed by atoms with Gasteiger partial charge < -0.3 is 10.6 Å². The quantitative estimate of drug-likeness (QED) is 0.757. The third-order valence-electron chi connectivity index (χ3n) is 3.13. The van der Waals surface area contributed by atoms with Crippen molar-refractivity contribution in [2.45, 2.75) is 26.3 Å². The summed E-state index contributed by atoms with van der Waals surface area (Å²) in [5.41, 5.74) is 2.51. The SMILES string of the molecule is CCCNC(C)c1ccc(NC(=O)c2cn[nH]c2)cc1. The van der Waals surface area contributed by atoms with Gasteiger partial charge in [-0.05, 0) is 37.6 Å². The first kappa shape index (κ1) is 14.3. The number of nitrogens with one attached hydrogen (secondary N) is 3. The lowest BCUT2D eigenvalue weighted by Crippen LogP contribution is -2.19. The zero-order chi connectivity index (χ0) is 14.4. The van der Waals surface area contributed by atoms with Gasteiger partial charge in [0.15, 0.2) is 0 Å². The maximum Gasteiger partial charge on any atom is 0.258 e. The highest BCUT2D eigenvalue weighted by Crippen LogP contribution is 2.16. The van der Waals surface area contributed by atoms with Crippen LogP contribution in [0.4, 0.5) is 5.69 Å². The van der Waals surface area contributed by atoms with Gasteiger partial charge in [-0.25, -0.2) is 0 Å². The Hall–Kier alpha value is -2.14. The molecule has 1 atom stereocenters. The molecule has 0 radical (unpaired) electrons. The monoisotopic (exact) mass is 272 g/mol. The van der Waals surface area contributed by atoms with Crippen molar-refractivity contribution in [2.24, 2.45) is 0 Å². The van der Waals surface area contributed by atoms with Crippen LogP contribution >= 0.6 is 0 Å². The van der Waals surface area contributed by atoms with Gasteiger partial charge in [0.1, 0.15) is 0 Å². The molecule has 5 nitrogen and oxygen atoms in total. The number of carbonyl (C=O) groups excluding carboxylic acids is 1. The van der Waals surface area contributed by atoms with Gasteiger partial charge in [0.05, 0.1) is 11.8 Å². The molecule has 0 aliphatic rings. The fourth-order valence-electron chi connectivity index (χ4n) is 1.91. The first-order valence-corrected chi connectivity index (χ1v) is 6.84. The van der Waals surface area contributed by atoms with Crippen molar-refractivity contribution in [1.29, 1.82) is 0 Å². The third-order valence-corrected chi connectivity index (χ3v) is 3.13. The van der Waals surface area contributed by atoms with Crippen molar-refractivity contribution < 1.29 is 4.79 Å². The average Bonchev–Trinajstić information content (AvgIpc) is 3.00. The molecular formula is C15H20N4O. The molecule has 0 saturated heterocycles. The normalized spacial score (nSPS) is 12.1. The molecule has 0 aliphatic carbocycles. The molecule has 0 saturated carbocycles. The van der Waals surface area contributed by atoms with Crippen LogP contribution in [-0.2, 0) is 0 Å². The number of benzene rings is 1. The summed E-state index contributed by atoms with van der Waals surface area (Å²) in [6.45, 7) is 5.28. The third kappa shape index (κ3) is 3.68. The van der Waals surface area contributed by atoms with Crippen LogP contribution < -0.4 is 10.6 Å². The van der Waals surface area contributed by atoms with Gasteiger partial charge in [0.2, 0.25) is 0 Å². The maximum absolute atomic E-state index is 11.9. The minimum absolute atomic E-state index is 0.163. The fraction of sp³-hybridized carbons (Fsp3) is 0.333. The Morgan fingerprint density at radius 2 is 2.10 bits per heavy atom. The van der Waals surface area contributed by atoms with Crippen LogP contribution in [0.2, 0.25) is 0 Å². The molecule has 106 valence electrons. The first-order chi connectivity index (χ1) is 9.70. The Morgan fingerprint density at radius 3 is 2.70 bits per heavy atom. The van der Waals surface area contributed by atoms with Crippen LogP contribution in [0.3, 0.4) is 0 Å². The zero-order valence-electron chi connectivity index (χ0n) is 11.8. The summed E-state index contributed by atoms with van der Waals surface area (Å²) in [5.74, 6) is -0.163. The van der Waals surface area contributed by atoms with Crippen LogP contribution in [-0.4, -0.2) is 22.6 Å². The van der Waals surface area contributed by atoms with E-state index in [9.17, 15) is 4.79 Å². The smallest absolute Gasteiger partial charge is 0.258 e. The van der Waals surface area contributed by atoms with Crippen LogP contribution in [0.1, 0.15) is 42.2 Å². The topological polar surface area (TPSA) is 69.8 Å². The van der Waals surface area contributed by atoms with Crippen molar-refractivity contribution in [1.82, 2.24) is 15.5 Å². The number of hydrogen-bond acceptors (Lipinski definition) is 3. The molecule has 0 bridgehead atoms. The lowest BCUT2D eigenvalue weighted by atomic mass is 10.1. The molecule has 5 heteroatoms.